The number of nitrogens with zero attached hydrogens (tertiary/aromatic N) is 2. The summed E-state index contributed by atoms with van der Waals surface area (Å²) in [5.41, 5.74) is 9.40. The molecule has 0 atom stereocenters. The van der Waals surface area contributed by atoms with Crippen LogP contribution < -0.4 is 5.73 Å². The van der Waals surface area contributed by atoms with Gasteiger partial charge in [-0.3, -0.25) is 0 Å². The van der Waals surface area contributed by atoms with Crippen LogP contribution >= 0.6 is 0 Å². The smallest absolute Gasteiger partial charge is 0.399 e. The number of benzene rings is 2. The number of hydrogen-bond acceptors (Lipinski definition) is 2. The minimum atomic E-state index is -4.50. The lowest BCUT2D eigenvalue weighted by molar-refractivity contribution is -0.141. The number of nitrogen functional groups attached to an aromatic ring is 1. The van der Waals surface area contributed by atoms with Crippen molar-refractivity contribution in [3.05, 3.63) is 65.4 Å². The Balaban J connectivity index is 1.83. The van der Waals surface area contributed by atoms with Crippen molar-refractivity contribution >= 4 is 5.69 Å². The highest BCUT2D eigenvalue weighted by molar-refractivity contribution is 5.65. The van der Waals surface area contributed by atoms with E-state index in [0.29, 0.717) is 23.0 Å². The van der Waals surface area contributed by atoms with Gasteiger partial charge in [0.15, 0.2) is 5.69 Å². The van der Waals surface area contributed by atoms with Crippen molar-refractivity contribution in [2.45, 2.75) is 32.4 Å². The molecule has 0 aliphatic heterocycles. The molecule has 1 aromatic heterocycles. The Morgan fingerprint density at radius 3 is 2.41 bits per heavy atom. The van der Waals surface area contributed by atoms with Crippen LogP contribution in [0.25, 0.3) is 16.9 Å². The molecule has 27 heavy (non-hydrogen) atoms. The van der Waals surface area contributed by atoms with Gasteiger partial charge < -0.3 is 5.73 Å². The van der Waals surface area contributed by atoms with Gasteiger partial charge in [0.1, 0.15) is 0 Å². The fourth-order valence-corrected chi connectivity index (χ4v) is 3.22. The van der Waals surface area contributed by atoms with Crippen molar-refractivity contribution in [2.75, 3.05) is 5.73 Å². The van der Waals surface area contributed by atoms with Crippen LogP contribution in [0.15, 0.2) is 48.5 Å². The van der Waals surface area contributed by atoms with Crippen LogP contribution in [0.4, 0.5) is 18.9 Å². The highest BCUT2D eigenvalue weighted by Gasteiger charge is 2.35. The minimum absolute atomic E-state index is 0.421. The van der Waals surface area contributed by atoms with Crippen molar-refractivity contribution in [2.24, 2.45) is 5.92 Å². The molecule has 0 spiro atoms. The lowest BCUT2D eigenvalue weighted by Gasteiger charge is -2.11. The first kappa shape index (κ1) is 17.6. The second-order valence-corrected chi connectivity index (χ2v) is 7.20. The first-order valence-electron chi connectivity index (χ1n) is 8.94. The van der Waals surface area contributed by atoms with Crippen molar-refractivity contribution in [1.29, 1.82) is 0 Å². The Hall–Kier alpha value is -2.76. The van der Waals surface area contributed by atoms with E-state index >= 15 is 0 Å². The third kappa shape index (κ3) is 3.70. The molecule has 6 heteroatoms. The van der Waals surface area contributed by atoms with E-state index in [-0.39, 0.29) is 0 Å². The lowest BCUT2D eigenvalue weighted by Crippen LogP contribution is -2.07. The molecule has 1 aliphatic rings. The highest BCUT2D eigenvalue weighted by atomic mass is 19.4. The summed E-state index contributed by atoms with van der Waals surface area (Å²) >= 11 is 0. The minimum Gasteiger partial charge on any atom is -0.399 e. The molecule has 2 aromatic carbocycles. The van der Waals surface area contributed by atoms with E-state index in [1.54, 1.807) is 24.3 Å². The fourth-order valence-electron chi connectivity index (χ4n) is 3.22. The van der Waals surface area contributed by atoms with E-state index in [1.165, 1.54) is 28.7 Å². The van der Waals surface area contributed by atoms with E-state index in [4.69, 9.17) is 5.73 Å². The van der Waals surface area contributed by atoms with E-state index < -0.39 is 11.9 Å². The predicted molar refractivity (Wildman–Crippen MR) is 99.6 cm³/mol. The highest BCUT2D eigenvalue weighted by Crippen LogP contribution is 2.36. The van der Waals surface area contributed by atoms with Crippen LogP contribution in [-0.2, 0) is 12.6 Å². The van der Waals surface area contributed by atoms with E-state index in [0.717, 1.165) is 18.1 Å². The maximum Gasteiger partial charge on any atom is 0.435 e. The molecule has 0 radical (unpaired) electrons. The molecule has 3 aromatic rings. The summed E-state index contributed by atoms with van der Waals surface area (Å²) in [6.07, 6.45) is -1.08. The molecule has 2 N–H and O–H groups in total. The first-order chi connectivity index (χ1) is 12.8. The average molecular weight is 371 g/mol. The molecule has 0 unspecified atom stereocenters. The summed E-state index contributed by atoms with van der Waals surface area (Å²) in [7, 11) is 0. The summed E-state index contributed by atoms with van der Waals surface area (Å²) in [4.78, 5) is 0. The monoisotopic (exact) mass is 371 g/mol. The van der Waals surface area contributed by atoms with Gasteiger partial charge in [-0.15, -0.1) is 0 Å². The quantitative estimate of drug-likeness (QED) is 0.624. The maximum atomic E-state index is 13.3. The van der Waals surface area contributed by atoms with Gasteiger partial charge in [0, 0.05) is 11.3 Å². The zero-order chi connectivity index (χ0) is 19.2. The van der Waals surface area contributed by atoms with Crippen molar-refractivity contribution in [3.63, 3.8) is 0 Å². The zero-order valence-corrected chi connectivity index (χ0v) is 14.9. The van der Waals surface area contributed by atoms with Crippen LogP contribution in [0, 0.1) is 12.8 Å². The molecule has 140 valence electrons. The molecular weight excluding hydrogens is 351 g/mol. The summed E-state index contributed by atoms with van der Waals surface area (Å²) in [5, 5.41) is 3.83. The third-order valence-electron chi connectivity index (χ3n) is 4.99. The Labute approximate surface area is 155 Å². The number of nitrogens with two attached hydrogens (primary N) is 1. The number of rotatable bonds is 4. The Morgan fingerprint density at radius 2 is 1.78 bits per heavy atom. The standard InChI is InChI=1S/C21H20F3N3/c1-13-2-5-15(11-16(13)10-14-3-4-14)19-12-20(21(22,23)24)26-27(19)18-8-6-17(25)7-9-18/h2,5-9,11-12,14H,3-4,10,25H2,1H3. The molecule has 0 saturated heterocycles. The second-order valence-electron chi connectivity index (χ2n) is 7.20. The van der Waals surface area contributed by atoms with E-state index in [9.17, 15) is 13.2 Å². The molecule has 0 amide bonds. The molecule has 1 saturated carbocycles. The summed E-state index contributed by atoms with van der Waals surface area (Å²) in [6, 6.07) is 13.6. The van der Waals surface area contributed by atoms with Gasteiger partial charge >= 0.3 is 6.18 Å². The Bertz CT molecular complexity index is 967. The summed E-state index contributed by atoms with van der Waals surface area (Å²) in [5.74, 6) is 0.701. The number of alkyl halides is 3. The van der Waals surface area contributed by atoms with Gasteiger partial charge in [0.25, 0.3) is 0 Å². The van der Waals surface area contributed by atoms with Gasteiger partial charge in [-0.1, -0.05) is 12.1 Å². The number of hydrogen-bond donors (Lipinski definition) is 1. The van der Waals surface area contributed by atoms with Crippen LogP contribution in [0.1, 0.15) is 29.7 Å². The first-order valence-corrected chi connectivity index (χ1v) is 8.94. The Morgan fingerprint density at radius 1 is 1.07 bits per heavy atom. The van der Waals surface area contributed by atoms with Gasteiger partial charge in [-0.05, 0) is 79.6 Å². The number of aromatic nitrogens is 2. The number of aryl methyl sites for hydroxylation is 1. The van der Waals surface area contributed by atoms with E-state index in [1.807, 2.05) is 25.1 Å². The van der Waals surface area contributed by atoms with Crippen LogP contribution in [0.2, 0.25) is 0 Å². The molecule has 4 rings (SSSR count). The van der Waals surface area contributed by atoms with Gasteiger partial charge in [0.2, 0.25) is 0 Å². The molecule has 0 bridgehead atoms. The topological polar surface area (TPSA) is 43.8 Å². The molecule has 1 aliphatic carbocycles. The second kappa shape index (κ2) is 6.44. The van der Waals surface area contributed by atoms with Crippen molar-refractivity contribution < 1.29 is 13.2 Å². The molecule has 1 fully saturated rings. The zero-order valence-electron chi connectivity index (χ0n) is 14.9. The average Bonchev–Trinajstić information content (AvgIpc) is 3.31. The van der Waals surface area contributed by atoms with Gasteiger partial charge in [0.05, 0.1) is 11.4 Å². The maximum absolute atomic E-state index is 13.3. The predicted octanol–water partition coefficient (Wildman–Crippen LogP) is 5.40. The molecule has 3 nitrogen and oxygen atoms in total. The van der Waals surface area contributed by atoms with Crippen LogP contribution in [-0.4, -0.2) is 9.78 Å². The lowest BCUT2D eigenvalue weighted by atomic mass is 9.98. The van der Waals surface area contributed by atoms with Crippen LogP contribution in [0.5, 0.6) is 0 Å². The largest absolute Gasteiger partial charge is 0.435 e. The van der Waals surface area contributed by atoms with Gasteiger partial charge in [-0.2, -0.15) is 18.3 Å². The fraction of sp³-hybridized carbons (Fsp3) is 0.286. The number of anilines is 1. The molecular formula is C21H20F3N3. The summed E-state index contributed by atoms with van der Waals surface area (Å²) in [6.45, 7) is 2.04. The normalized spacial score (nSPS) is 14.5. The van der Waals surface area contributed by atoms with Crippen LogP contribution in [0.3, 0.4) is 0 Å². The SMILES string of the molecule is Cc1ccc(-c2cc(C(F)(F)F)nn2-c2ccc(N)cc2)cc1CC1CC1. The van der Waals surface area contributed by atoms with Crippen molar-refractivity contribution in [1.82, 2.24) is 9.78 Å². The Kier molecular flexibility index (Phi) is 4.21. The van der Waals surface area contributed by atoms with Crippen molar-refractivity contribution in [3.8, 4) is 16.9 Å². The van der Waals surface area contributed by atoms with Gasteiger partial charge in [-0.25, -0.2) is 4.68 Å². The molecule has 1 heterocycles. The van der Waals surface area contributed by atoms with E-state index in [2.05, 4.69) is 5.10 Å². The summed E-state index contributed by atoms with van der Waals surface area (Å²) < 4.78 is 41.3. The number of halogens is 3. The third-order valence-corrected chi connectivity index (χ3v) is 4.99.